The van der Waals surface area contributed by atoms with Crippen molar-refractivity contribution in [1.82, 2.24) is 14.8 Å². The molecule has 2 heterocycles. The van der Waals surface area contributed by atoms with Crippen molar-refractivity contribution in [3.63, 3.8) is 0 Å². The van der Waals surface area contributed by atoms with E-state index in [0.717, 1.165) is 0 Å². The Morgan fingerprint density at radius 2 is 2.12 bits per heavy atom. The number of hydrogen-bond donors (Lipinski definition) is 2. The first-order valence-corrected chi connectivity index (χ1v) is 7.23. The van der Waals surface area contributed by atoms with E-state index in [0.29, 0.717) is 23.4 Å². The maximum Gasteiger partial charge on any atom is 0.195 e. The van der Waals surface area contributed by atoms with Crippen LogP contribution in [0.5, 0.6) is 0 Å². The molecule has 1 aromatic rings. The Bertz CT molecular complexity index is 517. The minimum atomic E-state index is -2.88. The Balaban J connectivity index is 2.26. The minimum absolute atomic E-state index is 0.0249. The van der Waals surface area contributed by atoms with Crippen molar-refractivity contribution in [2.24, 2.45) is 0 Å². The highest BCUT2D eigenvalue weighted by Crippen LogP contribution is 2.25. The van der Waals surface area contributed by atoms with Crippen molar-refractivity contribution >= 4 is 22.1 Å². The van der Waals surface area contributed by atoms with Crippen molar-refractivity contribution in [2.75, 3.05) is 11.5 Å². The monoisotopic (exact) mass is 263 g/mol. The molecule has 1 aliphatic rings. The van der Waals surface area contributed by atoms with Gasteiger partial charge in [-0.15, -0.1) is 0 Å². The molecule has 0 aliphatic carbocycles. The maximum atomic E-state index is 11.3. The van der Waals surface area contributed by atoms with Crippen LogP contribution in [0, 0.1) is 4.77 Å². The molecule has 2 N–H and O–H groups in total. The van der Waals surface area contributed by atoms with Gasteiger partial charge in [0.15, 0.2) is 10.6 Å². The van der Waals surface area contributed by atoms with E-state index in [2.05, 4.69) is 10.2 Å². The highest BCUT2D eigenvalue weighted by atomic mass is 32.2. The molecule has 0 spiro atoms. The van der Waals surface area contributed by atoms with Gasteiger partial charge in [-0.25, -0.2) is 8.42 Å². The summed E-state index contributed by atoms with van der Waals surface area (Å²) in [4.78, 5) is 0. The van der Waals surface area contributed by atoms with Crippen LogP contribution in [-0.2, 0) is 16.4 Å². The second kappa shape index (κ2) is 4.27. The summed E-state index contributed by atoms with van der Waals surface area (Å²) in [5.74, 6) is 0.819. The van der Waals surface area contributed by atoms with E-state index in [4.69, 9.17) is 17.3 Å². The number of sulfone groups is 1. The predicted octanol–water partition coefficient (Wildman–Crippen LogP) is 0.183. The zero-order valence-electron chi connectivity index (χ0n) is 8.59. The molecule has 1 saturated heterocycles. The van der Waals surface area contributed by atoms with Gasteiger partial charge in [-0.1, -0.05) is 0 Å². The third-order valence-corrected chi connectivity index (χ3v) is 4.81. The number of aromatic nitrogens is 3. The molecule has 1 aliphatic heterocycles. The number of rotatable bonds is 2. The number of nitrogens with zero attached hydrogens (tertiary/aromatic N) is 2. The standard InChI is InChI=1S/C8H13N3O3S2/c12-5-7-9-10-8(15)11(7)6-1-3-16(13,14)4-2-6/h6,12H,1-5H2,(H,10,15). The van der Waals surface area contributed by atoms with E-state index in [9.17, 15) is 8.42 Å². The van der Waals surface area contributed by atoms with Gasteiger partial charge in [0.1, 0.15) is 16.4 Å². The van der Waals surface area contributed by atoms with E-state index in [1.165, 1.54) is 0 Å². The van der Waals surface area contributed by atoms with Gasteiger partial charge in [0.2, 0.25) is 0 Å². The van der Waals surface area contributed by atoms with E-state index in [1.54, 1.807) is 4.57 Å². The van der Waals surface area contributed by atoms with E-state index in [-0.39, 0.29) is 24.2 Å². The molecule has 1 aromatic heterocycles. The number of aromatic amines is 1. The fourth-order valence-corrected chi connectivity index (χ4v) is 3.73. The van der Waals surface area contributed by atoms with Crippen LogP contribution in [0.2, 0.25) is 0 Å². The van der Waals surface area contributed by atoms with Gasteiger partial charge in [-0.2, -0.15) is 5.10 Å². The molecular weight excluding hydrogens is 250 g/mol. The van der Waals surface area contributed by atoms with Gasteiger partial charge in [-0.3, -0.25) is 9.67 Å². The Hall–Kier alpha value is -0.730. The number of aliphatic hydroxyl groups excluding tert-OH is 1. The molecule has 16 heavy (non-hydrogen) atoms. The Kier molecular flexibility index (Phi) is 3.13. The summed E-state index contributed by atoms with van der Waals surface area (Å²) in [5, 5.41) is 15.6. The second-order valence-electron chi connectivity index (χ2n) is 3.86. The molecule has 6 nitrogen and oxygen atoms in total. The van der Waals surface area contributed by atoms with Crippen molar-refractivity contribution in [1.29, 1.82) is 0 Å². The molecule has 0 saturated carbocycles. The highest BCUT2D eigenvalue weighted by Gasteiger charge is 2.26. The van der Waals surface area contributed by atoms with Crippen molar-refractivity contribution < 1.29 is 13.5 Å². The Morgan fingerprint density at radius 3 is 2.69 bits per heavy atom. The van der Waals surface area contributed by atoms with E-state index >= 15 is 0 Å². The van der Waals surface area contributed by atoms with Crippen LogP contribution >= 0.6 is 12.2 Å². The molecular formula is C8H13N3O3S2. The van der Waals surface area contributed by atoms with Crippen LogP contribution in [0.1, 0.15) is 24.7 Å². The zero-order valence-corrected chi connectivity index (χ0v) is 10.2. The maximum absolute atomic E-state index is 11.3. The van der Waals surface area contributed by atoms with Gasteiger partial charge in [0, 0.05) is 6.04 Å². The predicted molar refractivity (Wildman–Crippen MR) is 60.3 cm³/mol. The van der Waals surface area contributed by atoms with Crippen LogP contribution in [0.4, 0.5) is 0 Å². The van der Waals surface area contributed by atoms with Crippen LogP contribution in [0.25, 0.3) is 0 Å². The lowest BCUT2D eigenvalue weighted by Crippen LogP contribution is -2.26. The van der Waals surface area contributed by atoms with Gasteiger partial charge >= 0.3 is 0 Å². The fourth-order valence-electron chi connectivity index (χ4n) is 1.96. The largest absolute Gasteiger partial charge is 0.388 e. The molecule has 0 amide bonds. The lowest BCUT2D eigenvalue weighted by molar-refractivity contribution is 0.257. The molecule has 8 heteroatoms. The summed E-state index contributed by atoms with van der Waals surface area (Å²) in [7, 11) is -2.88. The molecule has 0 atom stereocenters. The van der Waals surface area contributed by atoms with Crippen molar-refractivity contribution in [3.8, 4) is 0 Å². The van der Waals surface area contributed by atoms with Gasteiger partial charge < -0.3 is 5.11 Å². The fraction of sp³-hybridized carbons (Fsp3) is 0.750. The quantitative estimate of drug-likeness (QED) is 0.743. The summed E-state index contributed by atoms with van der Waals surface area (Å²) in [6, 6.07) is 0.0249. The summed E-state index contributed by atoms with van der Waals surface area (Å²) < 4.78 is 24.8. The Morgan fingerprint density at radius 1 is 1.50 bits per heavy atom. The third-order valence-electron chi connectivity index (χ3n) is 2.81. The average Bonchev–Trinajstić information content (AvgIpc) is 2.60. The van der Waals surface area contributed by atoms with E-state index < -0.39 is 9.84 Å². The summed E-state index contributed by atoms with van der Waals surface area (Å²) in [6.07, 6.45) is 1.06. The van der Waals surface area contributed by atoms with Gasteiger partial charge in [0.05, 0.1) is 11.5 Å². The summed E-state index contributed by atoms with van der Waals surface area (Å²) in [5.41, 5.74) is 0. The molecule has 0 radical (unpaired) electrons. The normalized spacial score (nSPS) is 21.1. The number of H-pyrrole nitrogens is 1. The first kappa shape index (κ1) is 11.7. The first-order chi connectivity index (χ1) is 7.53. The molecule has 1 fully saturated rings. The molecule has 0 bridgehead atoms. The third kappa shape index (κ3) is 2.18. The lowest BCUT2D eigenvalue weighted by atomic mass is 10.1. The lowest BCUT2D eigenvalue weighted by Gasteiger charge is -2.23. The average molecular weight is 263 g/mol. The SMILES string of the molecule is O=S1(=O)CCC(n2c(CO)n[nH]c2=S)CC1. The van der Waals surface area contributed by atoms with Crippen LogP contribution in [0.3, 0.4) is 0 Å². The molecule has 2 rings (SSSR count). The van der Waals surface area contributed by atoms with E-state index in [1.807, 2.05) is 0 Å². The smallest absolute Gasteiger partial charge is 0.195 e. The van der Waals surface area contributed by atoms with Gasteiger partial charge in [0.25, 0.3) is 0 Å². The van der Waals surface area contributed by atoms with Crippen LogP contribution in [0.15, 0.2) is 0 Å². The zero-order chi connectivity index (χ0) is 11.8. The van der Waals surface area contributed by atoms with Crippen LogP contribution < -0.4 is 0 Å². The topological polar surface area (TPSA) is 88.0 Å². The summed E-state index contributed by atoms with van der Waals surface area (Å²) >= 11 is 5.06. The minimum Gasteiger partial charge on any atom is -0.388 e. The molecule has 0 unspecified atom stereocenters. The number of hydrogen-bond acceptors (Lipinski definition) is 5. The first-order valence-electron chi connectivity index (χ1n) is 5.00. The van der Waals surface area contributed by atoms with Crippen molar-refractivity contribution in [2.45, 2.75) is 25.5 Å². The molecule has 90 valence electrons. The highest BCUT2D eigenvalue weighted by molar-refractivity contribution is 7.91. The Labute approximate surface area is 98.2 Å². The number of aliphatic hydroxyl groups is 1. The van der Waals surface area contributed by atoms with Crippen LogP contribution in [-0.4, -0.2) is 39.8 Å². The second-order valence-corrected chi connectivity index (χ2v) is 6.55. The molecule has 0 aromatic carbocycles. The van der Waals surface area contributed by atoms with Crippen molar-refractivity contribution in [3.05, 3.63) is 10.6 Å². The van der Waals surface area contributed by atoms with Gasteiger partial charge in [-0.05, 0) is 25.1 Å². The number of nitrogens with one attached hydrogen (secondary N) is 1. The summed E-state index contributed by atoms with van der Waals surface area (Å²) in [6.45, 7) is -0.198.